The van der Waals surface area contributed by atoms with Crippen molar-refractivity contribution in [2.24, 2.45) is 28.6 Å². The van der Waals surface area contributed by atoms with Crippen LogP contribution >= 0.6 is 0 Å². The van der Waals surface area contributed by atoms with Gasteiger partial charge in [0.15, 0.2) is 0 Å². The van der Waals surface area contributed by atoms with Crippen molar-refractivity contribution in [1.29, 1.82) is 0 Å². The summed E-state index contributed by atoms with van der Waals surface area (Å²) in [5.74, 6) is 2.55. The number of hydrogen-bond acceptors (Lipinski definition) is 1. The molecule has 3 fully saturated rings. The van der Waals surface area contributed by atoms with E-state index < -0.39 is 0 Å². The molecule has 0 saturated heterocycles. The van der Waals surface area contributed by atoms with Crippen molar-refractivity contribution in [3.05, 3.63) is 11.6 Å². The Morgan fingerprint density at radius 2 is 2.00 bits per heavy atom. The highest BCUT2D eigenvalue weighted by Gasteiger charge is 2.56. The standard InChI is InChI=1S/C19H30O/c1-18-10-8-16-15(17(18)11-14(20)12-18)7-6-13-5-3-4-9-19(13,16)2/h6,14-17,20H,3-5,7-12H2,1-2H3/t14?,15-,16+,17+,18-,19+/m1/s1. The van der Waals surface area contributed by atoms with Crippen LogP contribution in [0, 0.1) is 28.6 Å². The van der Waals surface area contributed by atoms with E-state index in [1.165, 1.54) is 44.9 Å². The van der Waals surface area contributed by atoms with E-state index in [9.17, 15) is 5.11 Å². The van der Waals surface area contributed by atoms with Crippen LogP contribution in [0.25, 0.3) is 0 Å². The lowest BCUT2D eigenvalue weighted by molar-refractivity contribution is -0.0248. The molecule has 1 unspecified atom stereocenters. The molecule has 112 valence electrons. The lowest BCUT2D eigenvalue weighted by Crippen LogP contribution is -2.48. The predicted molar refractivity (Wildman–Crippen MR) is 82.3 cm³/mol. The molecule has 4 aliphatic rings. The van der Waals surface area contributed by atoms with E-state index in [0.29, 0.717) is 10.8 Å². The van der Waals surface area contributed by atoms with Gasteiger partial charge in [-0.15, -0.1) is 0 Å². The van der Waals surface area contributed by atoms with E-state index in [1.54, 1.807) is 5.57 Å². The fourth-order valence-corrected chi connectivity index (χ4v) is 6.72. The minimum Gasteiger partial charge on any atom is -0.393 e. The third-order valence-corrected chi connectivity index (χ3v) is 7.76. The lowest BCUT2D eigenvalue weighted by Gasteiger charge is -2.56. The maximum atomic E-state index is 10.2. The summed E-state index contributed by atoms with van der Waals surface area (Å²) in [6.07, 6.45) is 14.5. The molecule has 1 N–H and O–H groups in total. The van der Waals surface area contributed by atoms with E-state index in [2.05, 4.69) is 19.9 Å². The first kappa shape index (κ1) is 13.4. The average Bonchev–Trinajstić information content (AvgIpc) is 2.72. The summed E-state index contributed by atoms with van der Waals surface area (Å²) < 4.78 is 0. The molecule has 0 aliphatic heterocycles. The van der Waals surface area contributed by atoms with Gasteiger partial charge in [0.25, 0.3) is 0 Å². The van der Waals surface area contributed by atoms with Gasteiger partial charge in [-0.2, -0.15) is 0 Å². The third kappa shape index (κ3) is 1.71. The first-order chi connectivity index (χ1) is 9.53. The number of rotatable bonds is 0. The number of hydrogen-bond donors (Lipinski definition) is 1. The van der Waals surface area contributed by atoms with Gasteiger partial charge in [-0.05, 0) is 80.0 Å². The topological polar surface area (TPSA) is 20.2 Å². The monoisotopic (exact) mass is 274 g/mol. The Morgan fingerprint density at radius 3 is 2.85 bits per heavy atom. The quantitative estimate of drug-likeness (QED) is 0.635. The van der Waals surface area contributed by atoms with Crippen molar-refractivity contribution in [2.45, 2.75) is 77.7 Å². The van der Waals surface area contributed by atoms with Gasteiger partial charge in [-0.25, -0.2) is 0 Å². The Hall–Kier alpha value is -0.300. The van der Waals surface area contributed by atoms with Crippen molar-refractivity contribution in [1.82, 2.24) is 0 Å². The summed E-state index contributed by atoms with van der Waals surface area (Å²) in [6.45, 7) is 5.04. The highest BCUT2D eigenvalue weighted by Crippen LogP contribution is 2.64. The summed E-state index contributed by atoms with van der Waals surface area (Å²) >= 11 is 0. The fourth-order valence-electron chi connectivity index (χ4n) is 6.72. The van der Waals surface area contributed by atoms with Gasteiger partial charge in [0.2, 0.25) is 0 Å². The summed E-state index contributed by atoms with van der Waals surface area (Å²) in [6, 6.07) is 0. The predicted octanol–water partition coefficient (Wildman–Crippen LogP) is 4.70. The van der Waals surface area contributed by atoms with Gasteiger partial charge in [0, 0.05) is 0 Å². The molecule has 4 rings (SSSR count). The van der Waals surface area contributed by atoms with Crippen LogP contribution in [0.15, 0.2) is 11.6 Å². The van der Waals surface area contributed by atoms with Crippen LogP contribution in [0.3, 0.4) is 0 Å². The molecule has 0 spiro atoms. The first-order valence-electron chi connectivity index (χ1n) is 8.90. The Kier molecular flexibility index (Phi) is 2.91. The molecule has 0 aromatic rings. The number of aliphatic hydroxyl groups excluding tert-OH is 1. The van der Waals surface area contributed by atoms with E-state index in [1.807, 2.05) is 0 Å². The summed E-state index contributed by atoms with van der Waals surface area (Å²) in [7, 11) is 0. The molecule has 0 aromatic carbocycles. The van der Waals surface area contributed by atoms with Crippen LogP contribution in [0.4, 0.5) is 0 Å². The SMILES string of the molecule is C[C@]12CC[C@H]3[C@@H](CC=C4CCCC[C@@]43C)[C@@H]1CC(O)C2. The molecule has 20 heavy (non-hydrogen) atoms. The molecular weight excluding hydrogens is 244 g/mol. The zero-order chi connectivity index (χ0) is 14.0. The molecule has 1 nitrogen and oxygen atoms in total. The molecule has 0 bridgehead atoms. The van der Waals surface area contributed by atoms with Gasteiger partial charge >= 0.3 is 0 Å². The van der Waals surface area contributed by atoms with E-state index in [0.717, 1.165) is 30.6 Å². The van der Waals surface area contributed by atoms with Crippen molar-refractivity contribution < 1.29 is 5.11 Å². The molecule has 0 radical (unpaired) electrons. The Morgan fingerprint density at radius 1 is 1.15 bits per heavy atom. The minimum atomic E-state index is -0.0201. The fraction of sp³-hybridized carbons (Fsp3) is 0.895. The lowest BCUT2D eigenvalue weighted by atomic mass is 9.48. The van der Waals surface area contributed by atoms with Gasteiger partial charge in [-0.3, -0.25) is 0 Å². The van der Waals surface area contributed by atoms with Crippen LogP contribution in [-0.4, -0.2) is 11.2 Å². The number of allylic oxidation sites excluding steroid dienone is 2. The van der Waals surface area contributed by atoms with E-state index in [-0.39, 0.29) is 6.10 Å². The van der Waals surface area contributed by atoms with Gasteiger partial charge in [0.05, 0.1) is 6.10 Å². The second-order valence-electron chi connectivity index (χ2n) is 8.75. The number of aliphatic hydroxyl groups is 1. The Labute approximate surface area is 123 Å². The van der Waals surface area contributed by atoms with Crippen molar-refractivity contribution >= 4 is 0 Å². The zero-order valence-corrected chi connectivity index (χ0v) is 13.2. The van der Waals surface area contributed by atoms with E-state index in [4.69, 9.17) is 0 Å². The average molecular weight is 274 g/mol. The molecule has 0 aromatic heterocycles. The smallest absolute Gasteiger partial charge is 0.0548 e. The van der Waals surface area contributed by atoms with Crippen LogP contribution in [0.2, 0.25) is 0 Å². The normalized spacial score (nSPS) is 54.6. The maximum Gasteiger partial charge on any atom is 0.0548 e. The Bertz CT molecular complexity index is 439. The van der Waals surface area contributed by atoms with Crippen molar-refractivity contribution in [3.63, 3.8) is 0 Å². The van der Waals surface area contributed by atoms with E-state index >= 15 is 0 Å². The molecule has 6 atom stereocenters. The summed E-state index contributed by atoms with van der Waals surface area (Å²) in [4.78, 5) is 0. The van der Waals surface area contributed by atoms with Gasteiger partial charge < -0.3 is 5.11 Å². The summed E-state index contributed by atoms with van der Waals surface area (Å²) in [5, 5.41) is 10.2. The largest absolute Gasteiger partial charge is 0.393 e. The van der Waals surface area contributed by atoms with Crippen molar-refractivity contribution in [2.75, 3.05) is 0 Å². The Balaban J connectivity index is 1.69. The molecule has 4 aliphatic carbocycles. The molecule has 0 amide bonds. The summed E-state index contributed by atoms with van der Waals surface area (Å²) in [5.41, 5.74) is 2.75. The molecule has 3 saturated carbocycles. The highest BCUT2D eigenvalue weighted by molar-refractivity contribution is 5.24. The second-order valence-corrected chi connectivity index (χ2v) is 8.75. The van der Waals surface area contributed by atoms with Crippen LogP contribution < -0.4 is 0 Å². The van der Waals surface area contributed by atoms with Gasteiger partial charge in [-0.1, -0.05) is 31.9 Å². The van der Waals surface area contributed by atoms with Crippen LogP contribution in [-0.2, 0) is 0 Å². The van der Waals surface area contributed by atoms with Crippen LogP contribution in [0.1, 0.15) is 71.6 Å². The molecule has 1 heteroatoms. The zero-order valence-electron chi connectivity index (χ0n) is 13.2. The molecular formula is C19H30O. The molecule has 0 heterocycles. The van der Waals surface area contributed by atoms with Crippen LogP contribution in [0.5, 0.6) is 0 Å². The van der Waals surface area contributed by atoms with Gasteiger partial charge in [0.1, 0.15) is 0 Å². The minimum absolute atomic E-state index is 0.0201. The second kappa shape index (κ2) is 4.35. The number of fused-ring (bicyclic) bond motifs is 5. The third-order valence-electron chi connectivity index (χ3n) is 7.76. The first-order valence-corrected chi connectivity index (χ1v) is 8.90. The van der Waals surface area contributed by atoms with Crippen molar-refractivity contribution in [3.8, 4) is 0 Å². The maximum absolute atomic E-state index is 10.2. The highest BCUT2D eigenvalue weighted by atomic mass is 16.3.